The van der Waals surface area contributed by atoms with E-state index in [0.717, 1.165) is 16.8 Å². The van der Waals surface area contributed by atoms with Crippen LogP contribution in [-0.4, -0.2) is 35.5 Å². The van der Waals surface area contributed by atoms with E-state index in [1.165, 1.54) is 16.8 Å². The number of nitrogens with zero attached hydrogens (tertiary/aromatic N) is 3. The van der Waals surface area contributed by atoms with Gasteiger partial charge in [0.15, 0.2) is 4.32 Å². The number of thiocarbonyl (C=S) groups is 1. The highest BCUT2D eigenvalue weighted by atomic mass is 32.2. The molecule has 126 valence electrons. The molecule has 1 aliphatic rings. The molecule has 0 radical (unpaired) electrons. The van der Waals surface area contributed by atoms with Crippen molar-refractivity contribution in [2.45, 2.75) is 0 Å². The van der Waals surface area contributed by atoms with Crippen molar-refractivity contribution < 1.29 is 4.79 Å². The zero-order valence-electron chi connectivity index (χ0n) is 13.9. The Hall–Kier alpha value is -2.44. The highest BCUT2D eigenvalue weighted by Crippen LogP contribution is 2.32. The maximum atomic E-state index is 12.5. The van der Waals surface area contributed by atoms with Crippen LogP contribution in [0.15, 0.2) is 64.6 Å². The van der Waals surface area contributed by atoms with Crippen LogP contribution in [0.5, 0.6) is 0 Å². The molecule has 1 fully saturated rings. The summed E-state index contributed by atoms with van der Waals surface area (Å²) in [6, 6.07) is 17.6. The fraction of sp³-hybridized carbons (Fsp3) is 0.105. The predicted molar refractivity (Wildman–Crippen MR) is 110 cm³/mol. The molecule has 0 atom stereocenters. The molecule has 1 amide bonds. The number of amides is 1. The Morgan fingerprint density at radius 2 is 1.72 bits per heavy atom. The molecule has 1 aliphatic heterocycles. The van der Waals surface area contributed by atoms with Gasteiger partial charge in [-0.2, -0.15) is 10.1 Å². The number of hydrogen-bond donors (Lipinski definition) is 0. The number of anilines is 1. The maximum absolute atomic E-state index is 12.5. The molecule has 0 saturated carbocycles. The van der Waals surface area contributed by atoms with E-state index in [0.29, 0.717) is 9.23 Å². The van der Waals surface area contributed by atoms with Crippen LogP contribution in [-0.2, 0) is 4.79 Å². The van der Waals surface area contributed by atoms with Crippen LogP contribution in [0.4, 0.5) is 5.69 Å². The van der Waals surface area contributed by atoms with Gasteiger partial charge >= 0.3 is 0 Å². The van der Waals surface area contributed by atoms with Crippen LogP contribution in [0, 0.1) is 0 Å². The fourth-order valence-corrected chi connectivity index (χ4v) is 3.42. The lowest BCUT2D eigenvalue weighted by Gasteiger charge is -2.12. The van der Waals surface area contributed by atoms with Crippen molar-refractivity contribution in [3.63, 3.8) is 0 Å². The third-order valence-corrected chi connectivity index (χ3v) is 4.89. The van der Waals surface area contributed by atoms with Gasteiger partial charge in [0.25, 0.3) is 5.91 Å². The van der Waals surface area contributed by atoms with Crippen LogP contribution in [0.3, 0.4) is 0 Å². The van der Waals surface area contributed by atoms with Crippen LogP contribution in [0.1, 0.15) is 11.1 Å². The van der Waals surface area contributed by atoms with E-state index in [-0.39, 0.29) is 5.91 Å². The van der Waals surface area contributed by atoms with Crippen LogP contribution in [0.2, 0.25) is 0 Å². The molecule has 0 spiro atoms. The summed E-state index contributed by atoms with van der Waals surface area (Å²) in [6.07, 6.45) is 3.48. The van der Waals surface area contributed by atoms with E-state index < -0.39 is 0 Å². The lowest BCUT2D eigenvalue weighted by atomic mass is 10.2. The maximum Gasteiger partial charge on any atom is 0.286 e. The number of carbonyl (C=O) groups is 1. The number of carbonyl (C=O) groups excluding carboxylic acids is 1. The lowest BCUT2D eigenvalue weighted by molar-refractivity contribution is -0.122. The van der Waals surface area contributed by atoms with Crippen LogP contribution in [0.25, 0.3) is 6.08 Å². The smallest absolute Gasteiger partial charge is 0.286 e. The SMILES string of the molecule is CN(C)c1ccc(C=NN2C(=O)C(=Cc3ccccc3)SC2=S)cc1. The average Bonchev–Trinajstić information content (AvgIpc) is 2.88. The molecular weight excluding hydrogens is 350 g/mol. The first kappa shape index (κ1) is 17.4. The second-order valence-corrected chi connectivity index (χ2v) is 7.31. The van der Waals surface area contributed by atoms with Crippen molar-refractivity contribution >= 4 is 52.2 Å². The van der Waals surface area contributed by atoms with Gasteiger partial charge in [0.05, 0.1) is 11.1 Å². The Balaban J connectivity index is 1.75. The second-order valence-electron chi connectivity index (χ2n) is 5.63. The summed E-state index contributed by atoms with van der Waals surface area (Å²) in [5.74, 6) is -0.194. The quantitative estimate of drug-likeness (QED) is 0.465. The third-order valence-electron chi connectivity index (χ3n) is 3.60. The summed E-state index contributed by atoms with van der Waals surface area (Å²) >= 11 is 6.55. The average molecular weight is 367 g/mol. The summed E-state index contributed by atoms with van der Waals surface area (Å²) in [5, 5.41) is 5.54. The van der Waals surface area contributed by atoms with Gasteiger partial charge < -0.3 is 4.90 Å². The molecule has 1 saturated heterocycles. The number of benzene rings is 2. The first-order chi connectivity index (χ1) is 12.0. The Morgan fingerprint density at radius 3 is 2.36 bits per heavy atom. The standard InChI is InChI=1S/C19H17N3OS2/c1-21(2)16-10-8-15(9-11-16)13-20-22-18(23)17(25-19(22)24)12-14-6-4-3-5-7-14/h3-13H,1-2H3. The molecule has 4 nitrogen and oxygen atoms in total. The molecule has 0 aliphatic carbocycles. The molecule has 6 heteroatoms. The molecule has 0 N–H and O–H groups in total. The molecule has 3 rings (SSSR count). The van der Waals surface area contributed by atoms with Gasteiger partial charge in [-0.15, -0.1) is 0 Å². The van der Waals surface area contributed by atoms with Crippen LogP contribution >= 0.6 is 24.0 Å². The minimum Gasteiger partial charge on any atom is -0.378 e. The highest BCUT2D eigenvalue weighted by molar-refractivity contribution is 8.26. The van der Waals surface area contributed by atoms with Gasteiger partial charge in [-0.25, -0.2) is 0 Å². The summed E-state index contributed by atoms with van der Waals surface area (Å²) in [5.41, 5.74) is 2.98. The van der Waals surface area contributed by atoms with Gasteiger partial charge in [-0.3, -0.25) is 4.79 Å². The predicted octanol–water partition coefficient (Wildman–Crippen LogP) is 3.99. The third kappa shape index (κ3) is 4.15. The van der Waals surface area contributed by atoms with Gasteiger partial charge in [0, 0.05) is 19.8 Å². The van der Waals surface area contributed by atoms with E-state index in [4.69, 9.17) is 12.2 Å². The summed E-state index contributed by atoms with van der Waals surface area (Å²) in [7, 11) is 3.98. The number of rotatable bonds is 4. The second kappa shape index (κ2) is 7.63. The molecule has 0 aromatic heterocycles. The number of hydrazone groups is 1. The van der Waals surface area contributed by atoms with E-state index in [2.05, 4.69) is 5.10 Å². The van der Waals surface area contributed by atoms with E-state index in [1.807, 2.05) is 79.7 Å². The molecule has 2 aromatic rings. The normalized spacial score (nSPS) is 16.2. The summed E-state index contributed by atoms with van der Waals surface area (Å²) in [4.78, 5) is 15.1. The van der Waals surface area contributed by atoms with Crippen LogP contribution < -0.4 is 4.90 Å². The van der Waals surface area contributed by atoms with Crippen molar-refractivity contribution in [3.8, 4) is 0 Å². The van der Waals surface area contributed by atoms with Gasteiger partial charge in [0.1, 0.15) is 0 Å². The Bertz CT molecular complexity index is 843. The first-order valence-electron chi connectivity index (χ1n) is 7.69. The molecule has 0 bridgehead atoms. The van der Waals surface area contributed by atoms with Gasteiger partial charge in [0.2, 0.25) is 0 Å². The zero-order valence-corrected chi connectivity index (χ0v) is 15.6. The number of hydrogen-bond acceptors (Lipinski definition) is 5. The van der Waals surface area contributed by atoms with E-state index in [1.54, 1.807) is 6.21 Å². The Labute approximate surface area is 156 Å². The molecule has 25 heavy (non-hydrogen) atoms. The monoisotopic (exact) mass is 367 g/mol. The van der Waals surface area contributed by atoms with E-state index >= 15 is 0 Å². The minimum atomic E-state index is -0.194. The molecule has 1 heterocycles. The van der Waals surface area contributed by atoms with Crippen molar-refractivity contribution in [3.05, 3.63) is 70.6 Å². The van der Waals surface area contributed by atoms with Crippen molar-refractivity contribution in [1.82, 2.24) is 5.01 Å². The van der Waals surface area contributed by atoms with Gasteiger partial charge in [-0.1, -0.05) is 54.2 Å². The number of thioether (sulfide) groups is 1. The summed E-state index contributed by atoms with van der Waals surface area (Å²) < 4.78 is 0.438. The largest absolute Gasteiger partial charge is 0.378 e. The lowest BCUT2D eigenvalue weighted by Crippen LogP contribution is -2.22. The molecule has 0 unspecified atom stereocenters. The minimum absolute atomic E-state index is 0.194. The molecule has 2 aromatic carbocycles. The van der Waals surface area contributed by atoms with E-state index in [9.17, 15) is 4.79 Å². The highest BCUT2D eigenvalue weighted by Gasteiger charge is 2.31. The Morgan fingerprint density at radius 1 is 1.04 bits per heavy atom. The summed E-state index contributed by atoms with van der Waals surface area (Å²) in [6.45, 7) is 0. The topological polar surface area (TPSA) is 35.9 Å². The molecular formula is C19H17N3OS2. The fourth-order valence-electron chi connectivity index (χ4n) is 2.24. The van der Waals surface area contributed by atoms with Gasteiger partial charge in [-0.05, 0) is 41.6 Å². The Kier molecular flexibility index (Phi) is 5.31. The van der Waals surface area contributed by atoms with Crippen molar-refractivity contribution in [2.24, 2.45) is 5.10 Å². The van der Waals surface area contributed by atoms with Crippen molar-refractivity contribution in [1.29, 1.82) is 0 Å². The first-order valence-corrected chi connectivity index (χ1v) is 8.91. The zero-order chi connectivity index (χ0) is 17.8. The van der Waals surface area contributed by atoms with Crippen molar-refractivity contribution in [2.75, 3.05) is 19.0 Å².